The molecule has 0 fully saturated rings. The van der Waals surface area contributed by atoms with Crippen LogP contribution in [0.2, 0.25) is 0 Å². The maximum Gasteiger partial charge on any atom is 0.164 e. The molecule has 8 aromatic rings. The molecule has 252 valence electrons. The van der Waals surface area contributed by atoms with Crippen LogP contribution in [0.15, 0.2) is 186 Å². The zero-order valence-electron chi connectivity index (χ0n) is 29.5. The van der Waals surface area contributed by atoms with E-state index in [2.05, 4.69) is 166 Å². The Morgan fingerprint density at radius 2 is 0.792 bits per heavy atom. The van der Waals surface area contributed by atoms with Gasteiger partial charge in [0.05, 0.1) is 5.41 Å². The molecule has 10 rings (SSSR count). The van der Waals surface area contributed by atoms with Crippen molar-refractivity contribution in [2.24, 2.45) is 0 Å². The molecule has 0 bridgehead atoms. The molecule has 53 heavy (non-hydrogen) atoms. The fraction of sp³-hybridized carbons (Fsp3) is 0.0816. The van der Waals surface area contributed by atoms with Crippen molar-refractivity contribution in [2.75, 3.05) is 0 Å². The predicted molar refractivity (Wildman–Crippen MR) is 216 cm³/mol. The number of benzene rings is 7. The van der Waals surface area contributed by atoms with Crippen molar-refractivity contribution in [1.82, 2.24) is 15.0 Å². The van der Waals surface area contributed by atoms with Gasteiger partial charge in [-0.2, -0.15) is 0 Å². The molecule has 7 aromatic carbocycles. The molecule has 0 N–H and O–H groups in total. The van der Waals surface area contributed by atoms with E-state index in [-0.39, 0.29) is 5.41 Å². The molecule has 1 spiro atoms. The van der Waals surface area contributed by atoms with Crippen LogP contribution in [0.1, 0.15) is 47.2 Å². The third kappa shape index (κ3) is 4.86. The lowest BCUT2D eigenvalue weighted by Gasteiger charge is -2.50. The van der Waals surface area contributed by atoms with Crippen LogP contribution in [-0.4, -0.2) is 15.0 Å². The minimum atomic E-state index is -0.527. The summed E-state index contributed by atoms with van der Waals surface area (Å²) in [5.74, 6) is 1.98. The fourth-order valence-corrected chi connectivity index (χ4v) is 9.91. The van der Waals surface area contributed by atoms with Crippen molar-refractivity contribution in [1.29, 1.82) is 0 Å². The van der Waals surface area contributed by atoms with Crippen molar-refractivity contribution < 1.29 is 0 Å². The van der Waals surface area contributed by atoms with E-state index in [0.717, 1.165) is 22.3 Å². The lowest BCUT2D eigenvalue weighted by atomic mass is 9.53. The van der Waals surface area contributed by atoms with Gasteiger partial charge in [-0.1, -0.05) is 189 Å². The van der Waals surface area contributed by atoms with Gasteiger partial charge in [0.1, 0.15) is 0 Å². The Morgan fingerprint density at radius 1 is 0.358 bits per heavy atom. The van der Waals surface area contributed by atoms with Crippen LogP contribution in [0, 0.1) is 0 Å². The van der Waals surface area contributed by atoms with Gasteiger partial charge in [0, 0.05) is 31.9 Å². The van der Waals surface area contributed by atoms with Crippen LogP contribution in [0.3, 0.4) is 0 Å². The van der Waals surface area contributed by atoms with Crippen LogP contribution in [0.5, 0.6) is 0 Å². The number of hydrogen-bond acceptors (Lipinski definition) is 4. The summed E-state index contributed by atoms with van der Waals surface area (Å²) < 4.78 is 0. The maximum absolute atomic E-state index is 5.33. The molecule has 1 aliphatic heterocycles. The molecule has 0 amide bonds. The summed E-state index contributed by atoms with van der Waals surface area (Å²) in [7, 11) is 0. The highest BCUT2D eigenvalue weighted by Crippen LogP contribution is 2.62. The lowest BCUT2D eigenvalue weighted by molar-refractivity contribution is 0.550. The summed E-state index contributed by atoms with van der Waals surface area (Å²) in [6.07, 6.45) is 0. The van der Waals surface area contributed by atoms with Crippen LogP contribution < -0.4 is 0 Å². The van der Waals surface area contributed by atoms with Crippen LogP contribution in [0.25, 0.3) is 45.3 Å². The number of fused-ring (bicyclic) bond motifs is 8. The Labute approximate surface area is 314 Å². The Kier molecular flexibility index (Phi) is 7.31. The third-order valence-corrected chi connectivity index (χ3v) is 12.2. The molecule has 4 heteroatoms. The largest absolute Gasteiger partial charge is 0.208 e. The van der Waals surface area contributed by atoms with E-state index in [1.165, 1.54) is 48.7 Å². The topological polar surface area (TPSA) is 38.7 Å². The first-order chi connectivity index (χ1) is 26.0. The van der Waals surface area contributed by atoms with E-state index in [0.29, 0.717) is 17.5 Å². The number of hydrogen-bond donors (Lipinski definition) is 0. The van der Waals surface area contributed by atoms with E-state index in [9.17, 15) is 0 Å². The molecule has 3 nitrogen and oxygen atoms in total. The molecular weight excluding hydrogens is 663 g/mol. The van der Waals surface area contributed by atoms with Crippen molar-refractivity contribution in [2.45, 2.75) is 34.5 Å². The van der Waals surface area contributed by atoms with Gasteiger partial charge in [-0.15, -0.1) is 0 Å². The number of nitrogens with zero attached hydrogens (tertiary/aromatic N) is 3. The van der Waals surface area contributed by atoms with Crippen LogP contribution in [0.4, 0.5) is 0 Å². The summed E-state index contributed by atoms with van der Waals surface area (Å²) >= 11 is 1.87. The second-order valence-corrected chi connectivity index (χ2v) is 15.4. The van der Waals surface area contributed by atoms with E-state index in [1.807, 2.05) is 36.0 Å². The van der Waals surface area contributed by atoms with Crippen LogP contribution >= 0.6 is 11.8 Å². The number of rotatable bonds is 4. The minimum Gasteiger partial charge on any atom is -0.208 e. The predicted octanol–water partition coefficient (Wildman–Crippen LogP) is 12.0. The van der Waals surface area contributed by atoms with Gasteiger partial charge in [-0.3, -0.25) is 0 Å². The Hall–Kier alpha value is -6.10. The Morgan fingerprint density at radius 3 is 1.42 bits per heavy atom. The molecule has 2 aliphatic rings. The van der Waals surface area contributed by atoms with E-state index < -0.39 is 5.41 Å². The highest BCUT2D eigenvalue weighted by Gasteiger charge is 2.52. The molecule has 0 atom stereocenters. The zero-order valence-corrected chi connectivity index (χ0v) is 30.3. The van der Waals surface area contributed by atoms with Gasteiger partial charge >= 0.3 is 0 Å². The maximum atomic E-state index is 5.33. The lowest BCUT2D eigenvalue weighted by Crippen LogP contribution is -2.43. The van der Waals surface area contributed by atoms with Gasteiger partial charge in [0.15, 0.2) is 17.5 Å². The molecule has 0 radical (unpaired) electrons. The molecule has 0 saturated heterocycles. The monoisotopic (exact) mass is 697 g/mol. The van der Waals surface area contributed by atoms with Gasteiger partial charge in [0.25, 0.3) is 0 Å². The molecule has 1 aromatic heterocycles. The summed E-state index contributed by atoms with van der Waals surface area (Å²) in [6, 6.07) is 63.0. The minimum absolute atomic E-state index is 0.362. The summed E-state index contributed by atoms with van der Waals surface area (Å²) in [4.78, 5) is 18.3. The number of aromatic nitrogens is 3. The Balaban J connectivity index is 1.25. The Bertz CT molecular complexity index is 2620. The first-order valence-electron chi connectivity index (χ1n) is 18.1. The first-order valence-corrected chi connectivity index (χ1v) is 18.9. The van der Waals surface area contributed by atoms with E-state index in [4.69, 9.17) is 15.0 Å². The summed E-state index contributed by atoms with van der Waals surface area (Å²) in [5.41, 5.74) is 12.1. The molecular formula is C49H35N3S. The SMILES string of the molecule is CC1(C)c2ccccc2C2(c3ccccc3Sc3ccccc32)c2cccc(-c3nc(-c4ccccc4)nc(-c4ccc(-c5ccccc5)cc4)n3)c21. The second-order valence-electron chi connectivity index (χ2n) is 14.4. The van der Waals surface area contributed by atoms with E-state index in [1.54, 1.807) is 0 Å². The highest BCUT2D eigenvalue weighted by molar-refractivity contribution is 7.99. The average Bonchev–Trinajstić information content (AvgIpc) is 3.23. The quantitative estimate of drug-likeness (QED) is 0.183. The van der Waals surface area contributed by atoms with Gasteiger partial charge in [-0.25, -0.2) is 15.0 Å². The third-order valence-electron chi connectivity index (χ3n) is 11.1. The molecule has 2 heterocycles. The van der Waals surface area contributed by atoms with Crippen molar-refractivity contribution in [3.05, 3.63) is 209 Å². The summed E-state index contributed by atoms with van der Waals surface area (Å²) in [5, 5.41) is 0. The van der Waals surface area contributed by atoms with Gasteiger partial charge < -0.3 is 0 Å². The highest BCUT2D eigenvalue weighted by atomic mass is 32.2. The van der Waals surface area contributed by atoms with Crippen molar-refractivity contribution in [3.63, 3.8) is 0 Å². The standard InChI is InChI=1S/C49H35N3S/c1-48(2)37-21-9-10-22-38(37)49(39-23-11-13-26-42(39)53-43-27-14-12-24-40(43)49)41-25-15-20-36(44(41)48)47-51-45(34-18-7-4-8-19-34)50-46(52-47)35-30-28-33(29-31-35)32-16-5-3-6-17-32/h3-31H,1-2H3. The van der Waals surface area contributed by atoms with Crippen molar-refractivity contribution in [3.8, 4) is 45.3 Å². The smallest absolute Gasteiger partial charge is 0.164 e. The van der Waals surface area contributed by atoms with E-state index >= 15 is 0 Å². The fourth-order valence-electron chi connectivity index (χ4n) is 8.72. The zero-order chi connectivity index (χ0) is 35.6. The first kappa shape index (κ1) is 31.6. The van der Waals surface area contributed by atoms with Crippen molar-refractivity contribution >= 4 is 11.8 Å². The van der Waals surface area contributed by atoms with Gasteiger partial charge in [-0.05, 0) is 56.6 Å². The summed E-state index contributed by atoms with van der Waals surface area (Å²) in [6.45, 7) is 4.72. The average molecular weight is 698 g/mol. The molecule has 0 unspecified atom stereocenters. The molecule has 0 saturated carbocycles. The van der Waals surface area contributed by atoms with Crippen LogP contribution in [-0.2, 0) is 10.8 Å². The second kappa shape index (κ2) is 12.3. The van der Waals surface area contributed by atoms with Gasteiger partial charge in [0.2, 0.25) is 0 Å². The normalized spacial score (nSPS) is 14.5. The molecule has 1 aliphatic carbocycles.